The molecule has 0 radical (unpaired) electrons. The number of carbonyl (C=O) groups excluding carboxylic acids is 1. The van der Waals surface area contributed by atoms with Crippen molar-refractivity contribution in [3.8, 4) is 6.07 Å². The number of piperidine rings is 1. The van der Waals surface area contributed by atoms with E-state index in [0.29, 0.717) is 11.6 Å². The molecule has 1 aromatic rings. The minimum absolute atomic E-state index is 0.0876. The molecule has 1 heterocycles. The van der Waals surface area contributed by atoms with Crippen LogP contribution in [0.25, 0.3) is 0 Å². The number of hydrogen-bond acceptors (Lipinski definition) is 3. The summed E-state index contributed by atoms with van der Waals surface area (Å²) < 4.78 is 0. The quantitative estimate of drug-likeness (QED) is 0.771. The standard InChI is InChI=1S/C17H20N2O/c1-12(20)15-8-7-13(11-18)10-17(15)19-9-3-5-14-4-2-6-16(14)19/h7-8,10,14,16H,2-6,9H2,1H3. The van der Waals surface area contributed by atoms with Crippen LogP contribution in [0.5, 0.6) is 0 Å². The Morgan fingerprint density at radius 1 is 1.30 bits per heavy atom. The maximum Gasteiger partial charge on any atom is 0.161 e. The lowest BCUT2D eigenvalue weighted by atomic mass is 9.90. The van der Waals surface area contributed by atoms with Crippen LogP contribution in [0.4, 0.5) is 5.69 Å². The lowest BCUT2D eigenvalue weighted by Gasteiger charge is -2.40. The van der Waals surface area contributed by atoms with Crippen LogP contribution in [0, 0.1) is 17.2 Å². The number of rotatable bonds is 2. The van der Waals surface area contributed by atoms with E-state index in [-0.39, 0.29) is 5.78 Å². The second kappa shape index (κ2) is 5.28. The van der Waals surface area contributed by atoms with Gasteiger partial charge in [-0.2, -0.15) is 5.26 Å². The van der Waals surface area contributed by atoms with Gasteiger partial charge in [-0.3, -0.25) is 4.79 Å². The first-order chi connectivity index (χ1) is 9.70. The van der Waals surface area contributed by atoms with E-state index in [1.807, 2.05) is 12.1 Å². The van der Waals surface area contributed by atoms with Crippen LogP contribution in [0.15, 0.2) is 18.2 Å². The Balaban J connectivity index is 2.03. The van der Waals surface area contributed by atoms with Gasteiger partial charge >= 0.3 is 0 Å². The van der Waals surface area contributed by atoms with Gasteiger partial charge in [0.15, 0.2) is 5.78 Å². The fraction of sp³-hybridized carbons (Fsp3) is 0.529. The van der Waals surface area contributed by atoms with E-state index in [9.17, 15) is 4.79 Å². The molecule has 3 nitrogen and oxygen atoms in total. The van der Waals surface area contributed by atoms with Crippen LogP contribution in [0.2, 0.25) is 0 Å². The number of anilines is 1. The van der Waals surface area contributed by atoms with E-state index in [4.69, 9.17) is 5.26 Å². The fourth-order valence-electron chi connectivity index (χ4n) is 3.89. The Morgan fingerprint density at radius 2 is 2.10 bits per heavy atom. The minimum Gasteiger partial charge on any atom is -0.368 e. The van der Waals surface area contributed by atoms with Gasteiger partial charge in [-0.25, -0.2) is 0 Å². The third kappa shape index (κ3) is 2.20. The summed E-state index contributed by atoms with van der Waals surface area (Å²) in [6.07, 6.45) is 6.33. The summed E-state index contributed by atoms with van der Waals surface area (Å²) in [5.41, 5.74) is 2.38. The number of carbonyl (C=O) groups is 1. The lowest BCUT2D eigenvalue weighted by Crippen LogP contribution is -2.43. The Hall–Kier alpha value is -1.82. The summed E-state index contributed by atoms with van der Waals surface area (Å²) in [4.78, 5) is 14.3. The third-order valence-electron chi connectivity index (χ3n) is 4.81. The van der Waals surface area contributed by atoms with E-state index >= 15 is 0 Å². The highest BCUT2D eigenvalue weighted by atomic mass is 16.1. The van der Waals surface area contributed by atoms with Crippen molar-refractivity contribution >= 4 is 11.5 Å². The zero-order valence-electron chi connectivity index (χ0n) is 11.9. The minimum atomic E-state index is 0.0876. The largest absolute Gasteiger partial charge is 0.368 e. The Labute approximate surface area is 120 Å². The topological polar surface area (TPSA) is 44.1 Å². The number of benzene rings is 1. The monoisotopic (exact) mass is 268 g/mol. The molecule has 2 unspecified atom stereocenters. The molecule has 104 valence electrons. The molecule has 0 bridgehead atoms. The van der Waals surface area contributed by atoms with Gasteiger partial charge in [0.25, 0.3) is 0 Å². The molecule has 2 aliphatic rings. The molecule has 0 aromatic heterocycles. The highest BCUT2D eigenvalue weighted by Gasteiger charge is 2.36. The molecule has 1 saturated carbocycles. The normalized spacial score (nSPS) is 25.1. The first kappa shape index (κ1) is 13.2. The van der Waals surface area contributed by atoms with Crippen molar-refractivity contribution in [3.05, 3.63) is 29.3 Å². The first-order valence-corrected chi connectivity index (χ1v) is 7.52. The zero-order valence-corrected chi connectivity index (χ0v) is 11.9. The molecule has 0 amide bonds. The molecule has 0 spiro atoms. The summed E-state index contributed by atoms with van der Waals surface area (Å²) in [5, 5.41) is 9.12. The summed E-state index contributed by atoms with van der Waals surface area (Å²) in [6.45, 7) is 2.62. The maximum atomic E-state index is 11.9. The molecule has 1 saturated heterocycles. The van der Waals surface area contributed by atoms with Crippen LogP contribution in [0.1, 0.15) is 54.9 Å². The van der Waals surface area contributed by atoms with E-state index in [1.165, 1.54) is 32.1 Å². The van der Waals surface area contributed by atoms with Gasteiger partial charge in [-0.15, -0.1) is 0 Å². The van der Waals surface area contributed by atoms with Crippen molar-refractivity contribution in [2.45, 2.75) is 45.1 Å². The average molecular weight is 268 g/mol. The Bertz CT molecular complexity index is 573. The average Bonchev–Trinajstić information content (AvgIpc) is 2.94. The van der Waals surface area contributed by atoms with Crippen LogP contribution >= 0.6 is 0 Å². The highest BCUT2D eigenvalue weighted by Crippen LogP contribution is 2.40. The van der Waals surface area contributed by atoms with Crippen LogP contribution in [0.3, 0.4) is 0 Å². The molecular formula is C17H20N2O. The van der Waals surface area contributed by atoms with Crippen LogP contribution in [-0.4, -0.2) is 18.4 Å². The predicted molar refractivity (Wildman–Crippen MR) is 78.9 cm³/mol. The molecule has 3 rings (SSSR count). The van der Waals surface area contributed by atoms with Crippen molar-refractivity contribution in [1.29, 1.82) is 5.26 Å². The van der Waals surface area contributed by atoms with Gasteiger partial charge in [0.05, 0.1) is 11.6 Å². The van der Waals surface area contributed by atoms with Gasteiger partial charge in [0.2, 0.25) is 0 Å². The third-order valence-corrected chi connectivity index (χ3v) is 4.81. The van der Waals surface area contributed by atoms with Gasteiger partial charge in [0.1, 0.15) is 0 Å². The van der Waals surface area contributed by atoms with Crippen LogP contribution in [-0.2, 0) is 0 Å². The van der Waals surface area contributed by atoms with Crippen molar-refractivity contribution in [2.24, 2.45) is 5.92 Å². The number of fused-ring (bicyclic) bond motifs is 1. The van der Waals surface area contributed by atoms with Crippen molar-refractivity contribution in [2.75, 3.05) is 11.4 Å². The number of hydrogen-bond donors (Lipinski definition) is 0. The second-order valence-electron chi connectivity index (χ2n) is 5.99. The number of nitriles is 1. The summed E-state index contributed by atoms with van der Waals surface area (Å²) in [7, 11) is 0. The number of nitrogens with zero attached hydrogens (tertiary/aromatic N) is 2. The summed E-state index contributed by atoms with van der Waals surface area (Å²) in [6, 6.07) is 8.22. The Kier molecular flexibility index (Phi) is 3.48. The molecule has 1 aromatic carbocycles. The van der Waals surface area contributed by atoms with Crippen molar-refractivity contribution in [3.63, 3.8) is 0 Å². The smallest absolute Gasteiger partial charge is 0.161 e. The zero-order chi connectivity index (χ0) is 14.1. The molecule has 2 fully saturated rings. The van der Waals surface area contributed by atoms with E-state index < -0.39 is 0 Å². The summed E-state index contributed by atoms with van der Waals surface area (Å²) >= 11 is 0. The lowest BCUT2D eigenvalue weighted by molar-refractivity contribution is 0.101. The highest BCUT2D eigenvalue weighted by molar-refractivity contribution is 6.00. The SMILES string of the molecule is CC(=O)c1ccc(C#N)cc1N1CCCC2CCCC21. The van der Waals surface area contributed by atoms with Gasteiger partial charge < -0.3 is 4.90 Å². The van der Waals surface area contributed by atoms with E-state index in [0.717, 1.165) is 23.7 Å². The number of Topliss-reactive ketones (excluding diaryl/α,β-unsaturated/α-hetero) is 1. The van der Waals surface area contributed by atoms with E-state index in [1.54, 1.807) is 13.0 Å². The van der Waals surface area contributed by atoms with Gasteiger partial charge in [0, 0.05) is 23.8 Å². The molecule has 20 heavy (non-hydrogen) atoms. The van der Waals surface area contributed by atoms with Crippen molar-refractivity contribution < 1.29 is 4.79 Å². The first-order valence-electron chi connectivity index (χ1n) is 7.52. The Morgan fingerprint density at radius 3 is 2.85 bits per heavy atom. The molecule has 1 aliphatic heterocycles. The molecule has 3 heteroatoms. The van der Waals surface area contributed by atoms with Gasteiger partial charge in [-0.1, -0.05) is 6.42 Å². The maximum absolute atomic E-state index is 11.9. The molecule has 2 atom stereocenters. The second-order valence-corrected chi connectivity index (χ2v) is 5.99. The molecular weight excluding hydrogens is 248 g/mol. The van der Waals surface area contributed by atoms with Gasteiger partial charge in [-0.05, 0) is 56.7 Å². The summed E-state index contributed by atoms with van der Waals surface area (Å²) in [5.74, 6) is 0.860. The molecule has 1 aliphatic carbocycles. The van der Waals surface area contributed by atoms with Crippen molar-refractivity contribution in [1.82, 2.24) is 0 Å². The van der Waals surface area contributed by atoms with E-state index in [2.05, 4.69) is 11.0 Å². The molecule has 0 N–H and O–H groups in total. The predicted octanol–water partition coefficient (Wildman–Crippen LogP) is 3.53. The number of ketones is 1. The van der Waals surface area contributed by atoms with Crippen LogP contribution < -0.4 is 4.90 Å². The fourth-order valence-corrected chi connectivity index (χ4v) is 3.89.